The van der Waals surface area contributed by atoms with Gasteiger partial charge in [-0.1, -0.05) is 41.9 Å². The number of carbonyl (C=O) groups excluding carboxylic acids is 1. The summed E-state index contributed by atoms with van der Waals surface area (Å²) in [6.45, 7) is 4.57. The molecule has 0 aromatic heterocycles. The van der Waals surface area contributed by atoms with E-state index < -0.39 is 0 Å². The van der Waals surface area contributed by atoms with Crippen LogP contribution in [0.3, 0.4) is 0 Å². The molecule has 0 saturated heterocycles. The van der Waals surface area contributed by atoms with Gasteiger partial charge in [-0.05, 0) is 76.8 Å². The molecule has 3 aromatic rings. The summed E-state index contributed by atoms with van der Waals surface area (Å²) in [4.78, 5) is 12.2. The topological polar surface area (TPSA) is 50.4 Å². The maximum atomic E-state index is 12.2. The monoisotopic (exact) mass is 472 g/mol. The summed E-state index contributed by atoms with van der Waals surface area (Å²) in [5.74, 6) is 0.418. The first kappa shape index (κ1) is 21.2. The van der Waals surface area contributed by atoms with E-state index in [2.05, 4.69) is 26.6 Å². The third-order valence-corrected chi connectivity index (χ3v) is 5.31. The SMILES string of the molecule is Cc1ccc(Cl)cc1NCc1ccc(OCC(=O)Nc2ccccc2C)c(Br)c1. The molecule has 0 bridgehead atoms. The molecule has 0 spiro atoms. The van der Waals surface area contributed by atoms with Crippen molar-refractivity contribution < 1.29 is 9.53 Å². The Kier molecular flexibility index (Phi) is 7.18. The lowest BCUT2D eigenvalue weighted by Crippen LogP contribution is -2.20. The van der Waals surface area contributed by atoms with Crippen LogP contribution in [0.2, 0.25) is 5.02 Å². The van der Waals surface area contributed by atoms with Gasteiger partial charge in [0.05, 0.1) is 4.47 Å². The molecule has 0 aliphatic carbocycles. The maximum Gasteiger partial charge on any atom is 0.262 e. The van der Waals surface area contributed by atoms with E-state index in [-0.39, 0.29) is 12.5 Å². The molecule has 0 aliphatic heterocycles. The highest BCUT2D eigenvalue weighted by molar-refractivity contribution is 9.10. The number of anilines is 2. The Bertz CT molecular complexity index is 1020. The van der Waals surface area contributed by atoms with Gasteiger partial charge in [0.15, 0.2) is 6.61 Å². The highest BCUT2D eigenvalue weighted by Crippen LogP contribution is 2.27. The van der Waals surface area contributed by atoms with E-state index in [1.165, 1.54) is 0 Å². The Morgan fingerprint density at radius 1 is 1.00 bits per heavy atom. The van der Waals surface area contributed by atoms with Gasteiger partial charge in [-0.2, -0.15) is 0 Å². The molecule has 0 saturated carbocycles. The Labute approximate surface area is 184 Å². The maximum absolute atomic E-state index is 12.2. The Balaban J connectivity index is 1.56. The van der Waals surface area contributed by atoms with Gasteiger partial charge in [-0.3, -0.25) is 4.79 Å². The van der Waals surface area contributed by atoms with Gasteiger partial charge in [-0.15, -0.1) is 0 Å². The lowest BCUT2D eigenvalue weighted by molar-refractivity contribution is -0.118. The minimum atomic E-state index is -0.201. The van der Waals surface area contributed by atoms with E-state index >= 15 is 0 Å². The van der Waals surface area contributed by atoms with Crippen molar-refractivity contribution in [2.75, 3.05) is 17.2 Å². The average molecular weight is 474 g/mol. The smallest absolute Gasteiger partial charge is 0.262 e. The van der Waals surface area contributed by atoms with Crippen molar-refractivity contribution in [3.8, 4) is 5.75 Å². The zero-order valence-electron chi connectivity index (χ0n) is 16.3. The van der Waals surface area contributed by atoms with Crippen molar-refractivity contribution in [3.05, 3.63) is 86.8 Å². The van der Waals surface area contributed by atoms with E-state index in [0.29, 0.717) is 17.3 Å². The molecular weight excluding hydrogens is 452 g/mol. The van der Waals surface area contributed by atoms with E-state index in [9.17, 15) is 4.79 Å². The number of hydrogen-bond donors (Lipinski definition) is 2. The molecule has 0 atom stereocenters. The average Bonchev–Trinajstić information content (AvgIpc) is 2.69. The second-order valence-electron chi connectivity index (χ2n) is 6.73. The number of benzene rings is 3. The van der Waals surface area contributed by atoms with Gasteiger partial charge >= 0.3 is 0 Å². The first-order valence-corrected chi connectivity index (χ1v) is 10.4. The van der Waals surface area contributed by atoms with Crippen LogP contribution in [0.1, 0.15) is 16.7 Å². The van der Waals surface area contributed by atoms with Crippen LogP contribution in [-0.2, 0) is 11.3 Å². The fourth-order valence-electron chi connectivity index (χ4n) is 2.80. The number of aryl methyl sites for hydroxylation is 2. The van der Waals surface area contributed by atoms with Crippen molar-refractivity contribution >= 4 is 44.8 Å². The van der Waals surface area contributed by atoms with E-state index in [1.54, 1.807) is 0 Å². The molecule has 1 amide bonds. The third-order valence-electron chi connectivity index (χ3n) is 4.46. The van der Waals surface area contributed by atoms with Gasteiger partial charge in [0, 0.05) is 22.9 Å². The first-order valence-electron chi connectivity index (χ1n) is 9.19. The molecule has 0 heterocycles. The molecule has 0 fully saturated rings. The van der Waals surface area contributed by atoms with Crippen LogP contribution in [0.15, 0.2) is 65.1 Å². The zero-order valence-corrected chi connectivity index (χ0v) is 18.6. The van der Waals surface area contributed by atoms with Crippen LogP contribution in [0, 0.1) is 13.8 Å². The zero-order chi connectivity index (χ0) is 20.8. The van der Waals surface area contributed by atoms with Gasteiger partial charge in [0.25, 0.3) is 5.91 Å². The normalized spacial score (nSPS) is 10.5. The molecule has 2 N–H and O–H groups in total. The van der Waals surface area contributed by atoms with Crippen molar-refractivity contribution in [1.29, 1.82) is 0 Å². The number of para-hydroxylation sites is 1. The Morgan fingerprint density at radius 3 is 2.52 bits per heavy atom. The molecule has 150 valence electrons. The Hall–Kier alpha value is -2.50. The third kappa shape index (κ3) is 5.99. The summed E-state index contributed by atoms with van der Waals surface area (Å²) in [7, 11) is 0. The Morgan fingerprint density at radius 2 is 1.76 bits per heavy atom. The van der Waals surface area contributed by atoms with Crippen LogP contribution in [0.5, 0.6) is 5.75 Å². The number of amides is 1. The van der Waals surface area contributed by atoms with Crippen molar-refractivity contribution in [3.63, 3.8) is 0 Å². The molecule has 6 heteroatoms. The summed E-state index contributed by atoms with van der Waals surface area (Å²) in [6.07, 6.45) is 0. The number of carbonyl (C=O) groups is 1. The van der Waals surface area contributed by atoms with Gasteiger partial charge in [-0.25, -0.2) is 0 Å². The molecule has 0 aliphatic rings. The number of nitrogens with one attached hydrogen (secondary N) is 2. The molecule has 3 rings (SSSR count). The number of hydrogen-bond acceptors (Lipinski definition) is 3. The molecule has 3 aromatic carbocycles. The lowest BCUT2D eigenvalue weighted by atomic mass is 10.1. The summed E-state index contributed by atoms with van der Waals surface area (Å²) in [6, 6.07) is 19.2. The highest BCUT2D eigenvalue weighted by Gasteiger charge is 2.08. The van der Waals surface area contributed by atoms with Gasteiger partial charge in [0.1, 0.15) is 5.75 Å². The largest absolute Gasteiger partial charge is 0.483 e. The molecule has 4 nitrogen and oxygen atoms in total. The summed E-state index contributed by atoms with van der Waals surface area (Å²) in [5, 5.41) is 6.95. The minimum Gasteiger partial charge on any atom is -0.483 e. The molecule has 0 radical (unpaired) electrons. The second-order valence-corrected chi connectivity index (χ2v) is 8.02. The standard InChI is InChI=1S/C23H22BrClN2O2/c1-15-5-3-4-6-20(15)27-23(28)14-29-22-10-8-17(11-19(22)24)13-26-21-12-18(25)9-7-16(21)2/h3-12,26H,13-14H2,1-2H3,(H,27,28). The lowest BCUT2D eigenvalue weighted by Gasteiger charge is -2.13. The van der Waals surface area contributed by atoms with Gasteiger partial charge in [0.2, 0.25) is 0 Å². The quantitative estimate of drug-likeness (QED) is 0.420. The van der Waals surface area contributed by atoms with E-state index in [0.717, 1.165) is 32.5 Å². The van der Waals surface area contributed by atoms with Crippen LogP contribution in [-0.4, -0.2) is 12.5 Å². The molecular formula is C23H22BrClN2O2. The summed E-state index contributed by atoms with van der Waals surface area (Å²) >= 11 is 9.59. The van der Waals surface area contributed by atoms with E-state index in [4.69, 9.17) is 16.3 Å². The fourth-order valence-corrected chi connectivity index (χ4v) is 3.51. The van der Waals surface area contributed by atoms with Crippen molar-refractivity contribution in [1.82, 2.24) is 0 Å². The number of rotatable bonds is 7. The van der Waals surface area contributed by atoms with Crippen molar-refractivity contribution in [2.45, 2.75) is 20.4 Å². The van der Waals surface area contributed by atoms with Crippen LogP contribution < -0.4 is 15.4 Å². The molecule has 29 heavy (non-hydrogen) atoms. The first-order chi connectivity index (χ1) is 13.9. The second kappa shape index (κ2) is 9.81. The summed E-state index contributed by atoms with van der Waals surface area (Å²) < 4.78 is 6.46. The van der Waals surface area contributed by atoms with Gasteiger partial charge < -0.3 is 15.4 Å². The minimum absolute atomic E-state index is 0.0633. The van der Waals surface area contributed by atoms with Crippen LogP contribution >= 0.6 is 27.5 Å². The summed E-state index contributed by atoms with van der Waals surface area (Å²) in [5.41, 5.74) is 5.01. The van der Waals surface area contributed by atoms with Crippen molar-refractivity contribution in [2.24, 2.45) is 0 Å². The van der Waals surface area contributed by atoms with E-state index in [1.807, 2.05) is 74.5 Å². The predicted octanol–water partition coefficient (Wildman–Crippen LogP) is 6.35. The predicted molar refractivity (Wildman–Crippen MR) is 123 cm³/mol. The number of halogens is 2. The highest BCUT2D eigenvalue weighted by atomic mass is 79.9. The van der Waals surface area contributed by atoms with Crippen LogP contribution in [0.4, 0.5) is 11.4 Å². The number of ether oxygens (including phenoxy) is 1. The molecule has 0 unspecified atom stereocenters. The fraction of sp³-hybridized carbons (Fsp3) is 0.174. The van der Waals surface area contributed by atoms with Crippen LogP contribution in [0.25, 0.3) is 0 Å².